The largest absolute Gasteiger partial charge is 0.573 e. The number of ether oxygens (including phenoxy) is 1. The van der Waals surface area contributed by atoms with Gasteiger partial charge in [0.05, 0.1) is 5.69 Å². The SMILES string of the molecule is CC(=NC(=O)N=C1SCCC(C)N1c1ccccc1C(C)C)C(C)c1ccc(-c2ncn(-c3ccc(OC(F)(F)F)cc3)n2)cc1. The predicted octanol–water partition coefficient (Wildman–Crippen LogP) is 9.03. The van der Waals surface area contributed by atoms with Crippen molar-refractivity contribution in [1.29, 1.82) is 0 Å². The Hall–Kier alpha value is -4.45. The van der Waals surface area contributed by atoms with Gasteiger partial charge < -0.3 is 9.64 Å². The molecule has 4 aromatic rings. The Kier molecular flexibility index (Phi) is 9.95. The topological polar surface area (TPSA) is 85.0 Å². The van der Waals surface area contributed by atoms with Crippen molar-refractivity contribution >= 4 is 34.4 Å². The molecule has 0 radical (unpaired) electrons. The Morgan fingerprint density at radius 1 is 1.02 bits per heavy atom. The third kappa shape index (κ3) is 7.85. The molecule has 1 saturated heterocycles. The Bertz CT molecular complexity index is 1730. The van der Waals surface area contributed by atoms with Crippen molar-refractivity contribution in [2.45, 2.75) is 65.3 Å². The second-order valence-electron chi connectivity index (χ2n) is 11.4. The highest BCUT2D eigenvalue weighted by Crippen LogP contribution is 2.35. The standard InChI is InChI=1S/C34H35F3N6O2S/c1-21(2)29-8-6-7-9-30(29)43-22(3)18-19-46-33(43)40-32(44)39-24(5)23(4)25-10-12-26(13-11-25)31-38-20-42(41-31)27-14-16-28(17-15-27)45-34(35,36)37/h6-17,20-23H,18-19H2,1-5H3. The fourth-order valence-corrected chi connectivity index (χ4v) is 6.37. The number of hydrogen-bond acceptors (Lipinski definition) is 5. The summed E-state index contributed by atoms with van der Waals surface area (Å²) in [6, 6.07) is 20.9. The van der Waals surface area contributed by atoms with Crippen molar-refractivity contribution in [2.75, 3.05) is 10.7 Å². The highest BCUT2D eigenvalue weighted by atomic mass is 32.2. The number of aliphatic imine (C=N–C) groups is 2. The van der Waals surface area contributed by atoms with Crippen molar-refractivity contribution < 1.29 is 22.7 Å². The summed E-state index contributed by atoms with van der Waals surface area (Å²) in [5.74, 6) is 1.21. The van der Waals surface area contributed by atoms with E-state index in [0.29, 0.717) is 28.3 Å². The zero-order valence-corrected chi connectivity index (χ0v) is 27.0. The summed E-state index contributed by atoms with van der Waals surface area (Å²) in [6.45, 7) is 10.3. The molecule has 0 aliphatic carbocycles. The van der Waals surface area contributed by atoms with Crippen LogP contribution in [-0.2, 0) is 0 Å². The molecule has 1 aromatic heterocycles. The molecule has 46 heavy (non-hydrogen) atoms. The second-order valence-corrected chi connectivity index (χ2v) is 12.5. The zero-order chi connectivity index (χ0) is 33.0. The van der Waals surface area contributed by atoms with Crippen LogP contribution in [0.15, 0.2) is 89.1 Å². The summed E-state index contributed by atoms with van der Waals surface area (Å²) in [5.41, 5.74) is 5.18. The van der Waals surface area contributed by atoms with E-state index >= 15 is 0 Å². The van der Waals surface area contributed by atoms with Crippen LogP contribution in [0.3, 0.4) is 0 Å². The zero-order valence-electron chi connectivity index (χ0n) is 26.2. The summed E-state index contributed by atoms with van der Waals surface area (Å²) in [5, 5.41) is 5.13. The van der Waals surface area contributed by atoms with Gasteiger partial charge in [-0.05, 0) is 67.6 Å². The van der Waals surface area contributed by atoms with E-state index in [0.717, 1.165) is 29.0 Å². The van der Waals surface area contributed by atoms with Gasteiger partial charge in [0.25, 0.3) is 0 Å². The van der Waals surface area contributed by atoms with E-state index in [4.69, 9.17) is 0 Å². The quantitative estimate of drug-likeness (QED) is 0.186. The lowest BCUT2D eigenvalue weighted by atomic mass is 9.96. The maximum atomic E-state index is 13.1. The number of thioether (sulfide) groups is 1. The smallest absolute Gasteiger partial charge is 0.406 e. The van der Waals surface area contributed by atoms with Gasteiger partial charge in [0.15, 0.2) is 11.0 Å². The van der Waals surface area contributed by atoms with Crippen LogP contribution >= 0.6 is 11.8 Å². The van der Waals surface area contributed by atoms with Crippen molar-refractivity contribution in [3.8, 4) is 22.8 Å². The van der Waals surface area contributed by atoms with Gasteiger partial charge in [-0.25, -0.2) is 19.5 Å². The van der Waals surface area contributed by atoms with Crippen molar-refractivity contribution in [2.24, 2.45) is 9.98 Å². The Balaban J connectivity index is 1.28. The van der Waals surface area contributed by atoms with Crippen molar-refractivity contribution in [3.63, 3.8) is 0 Å². The van der Waals surface area contributed by atoms with Crippen LogP contribution in [0.5, 0.6) is 5.75 Å². The van der Waals surface area contributed by atoms with E-state index in [1.54, 1.807) is 11.8 Å². The van der Waals surface area contributed by atoms with E-state index in [-0.39, 0.29) is 17.7 Å². The summed E-state index contributed by atoms with van der Waals surface area (Å²) >= 11 is 1.58. The Labute approximate surface area is 270 Å². The molecule has 240 valence electrons. The first kappa shape index (κ1) is 32.9. The molecular formula is C34H35F3N6O2S. The number of halogens is 3. The number of nitrogens with zero attached hydrogens (tertiary/aromatic N) is 6. The summed E-state index contributed by atoms with van der Waals surface area (Å²) in [6.07, 6.45) is -2.28. The maximum absolute atomic E-state index is 13.1. The molecular weight excluding hydrogens is 613 g/mol. The highest BCUT2D eigenvalue weighted by Gasteiger charge is 2.31. The fraction of sp³-hybridized carbons (Fsp3) is 0.324. The van der Waals surface area contributed by atoms with Crippen molar-refractivity contribution in [3.05, 3.63) is 90.3 Å². The average Bonchev–Trinajstić information content (AvgIpc) is 3.51. The molecule has 2 unspecified atom stereocenters. The summed E-state index contributed by atoms with van der Waals surface area (Å²) in [7, 11) is 0. The van der Waals surface area contributed by atoms with Crippen LogP contribution < -0.4 is 9.64 Å². The lowest BCUT2D eigenvalue weighted by Gasteiger charge is -2.37. The molecule has 2 amide bonds. The number of anilines is 1. The van der Waals surface area contributed by atoms with Crippen LogP contribution in [0, 0.1) is 0 Å². The Morgan fingerprint density at radius 3 is 2.39 bits per heavy atom. The lowest BCUT2D eigenvalue weighted by molar-refractivity contribution is -0.274. The van der Waals surface area contributed by atoms with E-state index in [9.17, 15) is 18.0 Å². The molecule has 2 heterocycles. The van der Waals surface area contributed by atoms with Gasteiger partial charge in [-0.15, -0.1) is 18.3 Å². The normalized spacial score (nSPS) is 17.4. The number of urea groups is 1. The maximum Gasteiger partial charge on any atom is 0.573 e. The molecule has 1 fully saturated rings. The van der Waals surface area contributed by atoms with Gasteiger partial charge in [0.1, 0.15) is 12.1 Å². The first-order valence-electron chi connectivity index (χ1n) is 15.0. The molecule has 5 rings (SSSR count). The van der Waals surface area contributed by atoms with E-state index in [1.807, 2.05) is 50.2 Å². The molecule has 0 N–H and O–H groups in total. The van der Waals surface area contributed by atoms with E-state index < -0.39 is 12.4 Å². The third-order valence-corrected chi connectivity index (χ3v) is 8.80. The number of carbonyl (C=O) groups is 1. The molecule has 3 aromatic carbocycles. The molecule has 0 saturated carbocycles. The fourth-order valence-electron chi connectivity index (χ4n) is 5.17. The molecule has 12 heteroatoms. The second kappa shape index (κ2) is 13.9. The van der Waals surface area contributed by atoms with Gasteiger partial charge in [-0.2, -0.15) is 4.99 Å². The molecule has 2 atom stereocenters. The van der Waals surface area contributed by atoms with Gasteiger partial charge in [-0.1, -0.05) is 75.0 Å². The number of rotatable bonds is 7. The summed E-state index contributed by atoms with van der Waals surface area (Å²) in [4.78, 5) is 28.4. The summed E-state index contributed by atoms with van der Waals surface area (Å²) < 4.78 is 42.8. The highest BCUT2D eigenvalue weighted by molar-refractivity contribution is 8.14. The van der Waals surface area contributed by atoms with Crippen LogP contribution in [0.25, 0.3) is 17.1 Å². The number of aromatic nitrogens is 3. The Morgan fingerprint density at radius 2 is 1.72 bits per heavy atom. The third-order valence-electron chi connectivity index (χ3n) is 7.82. The molecule has 8 nitrogen and oxygen atoms in total. The van der Waals surface area contributed by atoms with Crippen LogP contribution in [-0.4, -0.2) is 49.8 Å². The minimum Gasteiger partial charge on any atom is -0.406 e. The monoisotopic (exact) mass is 648 g/mol. The predicted molar refractivity (Wildman–Crippen MR) is 177 cm³/mol. The number of benzene rings is 3. The minimum absolute atomic E-state index is 0.142. The van der Waals surface area contributed by atoms with Crippen LogP contribution in [0.1, 0.15) is 64.0 Å². The van der Waals surface area contributed by atoms with Gasteiger partial charge >= 0.3 is 12.4 Å². The molecule has 1 aliphatic rings. The van der Waals surface area contributed by atoms with Gasteiger partial charge in [-0.3, -0.25) is 0 Å². The van der Waals surface area contributed by atoms with Gasteiger partial charge in [0.2, 0.25) is 0 Å². The number of amidine groups is 1. The van der Waals surface area contributed by atoms with E-state index in [2.05, 4.69) is 62.6 Å². The first-order chi connectivity index (χ1) is 21.9. The molecule has 1 aliphatic heterocycles. The minimum atomic E-state index is -4.75. The van der Waals surface area contributed by atoms with Crippen molar-refractivity contribution in [1.82, 2.24) is 14.8 Å². The number of alkyl halides is 3. The number of carbonyl (C=O) groups excluding carboxylic acids is 1. The van der Waals surface area contributed by atoms with Crippen LogP contribution in [0.2, 0.25) is 0 Å². The first-order valence-corrected chi connectivity index (χ1v) is 15.9. The average molecular weight is 649 g/mol. The number of amides is 2. The number of hydrogen-bond donors (Lipinski definition) is 0. The number of para-hydroxylation sites is 1. The molecule has 0 bridgehead atoms. The van der Waals surface area contributed by atoms with E-state index in [1.165, 1.54) is 40.8 Å². The lowest BCUT2D eigenvalue weighted by Crippen LogP contribution is -2.42. The van der Waals surface area contributed by atoms with Gasteiger partial charge in [0, 0.05) is 34.7 Å². The van der Waals surface area contributed by atoms with Crippen LogP contribution in [0.4, 0.5) is 23.7 Å². The molecule has 0 spiro atoms.